The third-order valence-electron chi connectivity index (χ3n) is 5.36. The molecule has 0 bridgehead atoms. The molecule has 8 heteroatoms. The highest BCUT2D eigenvalue weighted by atomic mass is 35.5. The van der Waals surface area contributed by atoms with Gasteiger partial charge < -0.3 is 4.74 Å². The number of nitrogens with zero attached hydrogens (tertiary/aromatic N) is 1. The Kier molecular flexibility index (Phi) is 7.22. The molecule has 1 aliphatic rings. The molecule has 2 aromatic carbocycles. The van der Waals surface area contributed by atoms with E-state index in [1.807, 2.05) is 0 Å². The molecule has 0 N–H and O–H groups in total. The minimum atomic E-state index is -1.37. The van der Waals surface area contributed by atoms with E-state index < -0.39 is 35.5 Å². The van der Waals surface area contributed by atoms with Gasteiger partial charge in [-0.25, -0.2) is 13.6 Å². The topological polar surface area (TPSA) is 63.7 Å². The fourth-order valence-electron chi connectivity index (χ4n) is 3.79. The zero-order valence-corrected chi connectivity index (χ0v) is 19.7. The van der Waals surface area contributed by atoms with Crippen molar-refractivity contribution in [2.24, 2.45) is 0 Å². The zero-order valence-electron chi connectivity index (χ0n) is 19.0. The van der Waals surface area contributed by atoms with Crippen LogP contribution < -0.4 is 0 Å². The lowest BCUT2D eigenvalue weighted by Crippen LogP contribution is -2.44. The van der Waals surface area contributed by atoms with Gasteiger partial charge in [-0.05, 0) is 51.5 Å². The molecule has 2 atom stereocenters. The lowest BCUT2D eigenvalue weighted by atomic mass is 9.95. The first-order valence-electron chi connectivity index (χ1n) is 10.6. The molecule has 0 spiro atoms. The van der Waals surface area contributed by atoms with Gasteiger partial charge in [0.15, 0.2) is 11.6 Å². The number of carbonyl (C=O) groups excluding carboxylic acids is 3. The first-order chi connectivity index (χ1) is 15.4. The normalized spacial score (nSPS) is 18.3. The monoisotopic (exact) mass is 477 g/mol. The van der Waals surface area contributed by atoms with Crippen molar-refractivity contribution in [3.8, 4) is 11.1 Å². The molecular weight excluding hydrogens is 452 g/mol. The van der Waals surface area contributed by atoms with E-state index in [2.05, 4.69) is 0 Å². The molecule has 0 aliphatic carbocycles. The van der Waals surface area contributed by atoms with Crippen molar-refractivity contribution in [2.45, 2.75) is 58.4 Å². The second-order valence-electron chi connectivity index (χ2n) is 9.15. The number of likely N-dealkylation sites (tertiary alicyclic amines) is 1. The molecule has 3 rings (SSSR count). The number of Topliss-reactive ketones (excluding diaryl/α,β-unsaturated/α-hetero) is 2. The molecule has 1 saturated heterocycles. The average Bonchev–Trinajstić information content (AvgIpc) is 3.11. The van der Waals surface area contributed by atoms with Crippen molar-refractivity contribution in [1.29, 1.82) is 0 Å². The first-order valence-corrected chi connectivity index (χ1v) is 11.0. The maximum Gasteiger partial charge on any atom is 0.411 e. The van der Waals surface area contributed by atoms with Crippen molar-refractivity contribution in [2.75, 3.05) is 6.54 Å². The molecule has 0 aromatic heterocycles. The molecule has 1 amide bonds. The van der Waals surface area contributed by atoms with Crippen LogP contribution in [0, 0.1) is 5.82 Å². The van der Waals surface area contributed by atoms with E-state index in [0.717, 1.165) is 4.90 Å². The van der Waals surface area contributed by atoms with Crippen LogP contribution in [0.25, 0.3) is 11.1 Å². The van der Waals surface area contributed by atoms with Crippen LogP contribution in [0.4, 0.5) is 13.6 Å². The number of halogens is 3. The summed E-state index contributed by atoms with van der Waals surface area (Å²) in [7, 11) is 0. The number of amides is 1. The Morgan fingerprint density at radius 2 is 1.85 bits per heavy atom. The van der Waals surface area contributed by atoms with Gasteiger partial charge in [0, 0.05) is 34.6 Å². The lowest BCUT2D eigenvalue weighted by molar-refractivity contribution is -0.122. The summed E-state index contributed by atoms with van der Waals surface area (Å²) in [6.45, 7) is 6.18. The average molecular weight is 478 g/mol. The van der Waals surface area contributed by atoms with E-state index in [-0.39, 0.29) is 41.3 Å². The molecule has 176 valence electrons. The van der Waals surface area contributed by atoms with E-state index in [9.17, 15) is 18.8 Å². The Morgan fingerprint density at radius 1 is 1.15 bits per heavy atom. The van der Waals surface area contributed by atoms with E-state index in [1.54, 1.807) is 32.9 Å². The summed E-state index contributed by atoms with van der Waals surface area (Å²) in [5.41, 5.74) is 0.146. The van der Waals surface area contributed by atoms with E-state index in [1.165, 1.54) is 31.2 Å². The molecule has 33 heavy (non-hydrogen) atoms. The quantitative estimate of drug-likeness (QED) is 0.510. The van der Waals surface area contributed by atoms with Crippen LogP contribution in [0.2, 0.25) is 5.02 Å². The van der Waals surface area contributed by atoms with Crippen molar-refractivity contribution < 1.29 is 27.9 Å². The molecule has 2 aromatic rings. The molecule has 1 fully saturated rings. The number of ketones is 2. The van der Waals surface area contributed by atoms with Crippen LogP contribution in [-0.2, 0) is 16.0 Å². The fourth-order valence-corrected chi connectivity index (χ4v) is 4.01. The second kappa shape index (κ2) is 9.59. The number of ether oxygens (including phenoxy) is 1. The number of alkyl halides is 1. The highest BCUT2D eigenvalue weighted by molar-refractivity contribution is 6.33. The van der Waals surface area contributed by atoms with Crippen LogP contribution in [0.5, 0.6) is 0 Å². The number of carbonyl (C=O) groups is 3. The van der Waals surface area contributed by atoms with Crippen molar-refractivity contribution in [1.82, 2.24) is 4.90 Å². The molecular formula is C25H26ClF2NO4. The molecule has 5 nitrogen and oxygen atoms in total. The predicted molar refractivity (Wildman–Crippen MR) is 122 cm³/mol. The SMILES string of the molecule is CC(=O)c1ccc(Cl)c(-c2cccc(CC(=O)[C@@H]3C[C@@H](F)CN3C(=O)OC(C)(C)C)c2F)c1. The first kappa shape index (κ1) is 24.8. The van der Waals surface area contributed by atoms with Gasteiger partial charge in [-0.3, -0.25) is 14.5 Å². The zero-order chi connectivity index (χ0) is 24.5. The summed E-state index contributed by atoms with van der Waals surface area (Å²) >= 11 is 6.25. The third-order valence-corrected chi connectivity index (χ3v) is 5.69. The second-order valence-corrected chi connectivity index (χ2v) is 9.56. The van der Waals surface area contributed by atoms with Gasteiger partial charge in [-0.2, -0.15) is 0 Å². The van der Waals surface area contributed by atoms with Crippen LogP contribution in [0.1, 0.15) is 50.0 Å². The van der Waals surface area contributed by atoms with Crippen molar-refractivity contribution >= 4 is 29.3 Å². The summed E-state index contributed by atoms with van der Waals surface area (Å²) in [5.74, 6) is -1.34. The van der Waals surface area contributed by atoms with Crippen LogP contribution >= 0.6 is 11.6 Å². The Bertz CT molecular complexity index is 1100. The minimum absolute atomic E-state index is 0.0910. The molecule has 1 heterocycles. The van der Waals surface area contributed by atoms with Gasteiger partial charge in [0.25, 0.3) is 0 Å². The predicted octanol–water partition coefficient (Wildman–Crippen LogP) is 5.81. The van der Waals surface area contributed by atoms with Gasteiger partial charge in [-0.1, -0.05) is 29.8 Å². The number of hydrogen-bond donors (Lipinski definition) is 0. The highest BCUT2D eigenvalue weighted by Crippen LogP contribution is 2.33. The molecule has 1 aliphatic heterocycles. The number of rotatable bonds is 5. The van der Waals surface area contributed by atoms with E-state index in [4.69, 9.17) is 16.3 Å². The Labute approximate surface area is 196 Å². The van der Waals surface area contributed by atoms with Crippen LogP contribution in [0.15, 0.2) is 36.4 Å². The van der Waals surface area contributed by atoms with Crippen LogP contribution in [-0.4, -0.2) is 46.9 Å². The smallest absolute Gasteiger partial charge is 0.411 e. The lowest BCUT2D eigenvalue weighted by Gasteiger charge is -2.27. The molecule has 0 unspecified atom stereocenters. The van der Waals surface area contributed by atoms with Gasteiger partial charge in [0.1, 0.15) is 17.6 Å². The largest absolute Gasteiger partial charge is 0.444 e. The maximum absolute atomic E-state index is 15.4. The van der Waals surface area contributed by atoms with E-state index >= 15 is 4.39 Å². The Balaban J connectivity index is 1.87. The summed E-state index contributed by atoms with van der Waals surface area (Å²) in [6, 6.07) is 8.08. The van der Waals surface area contributed by atoms with Gasteiger partial charge >= 0.3 is 6.09 Å². The summed E-state index contributed by atoms with van der Waals surface area (Å²) in [5, 5.41) is 0.259. The van der Waals surface area contributed by atoms with Gasteiger partial charge in [0.2, 0.25) is 0 Å². The Hall–Kier alpha value is -2.80. The highest BCUT2D eigenvalue weighted by Gasteiger charge is 2.41. The Morgan fingerprint density at radius 3 is 2.48 bits per heavy atom. The maximum atomic E-state index is 15.4. The minimum Gasteiger partial charge on any atom is -0.444 e. The number of hydrogen-bond acceptors (Lipinski definition) is 4. The molecule has 0 saturated carbocycles. The summed E-state index contributed by atoms with van der Waals surface area (Å²) < 4.78 is 34.8. The fraction of sp³-hybridized carbons (Fsp3) is 0.400. The standard InChI is InChI=1S/C25H26ClF2NO4/c1-14(30)15-8-9-20(26)19(10-15)18-7-5-6-16(23(18)28)11-22(31)21-12-17(27)13-29(21)24(32)33-25(2,3)4/h5-10,17,21H,11-13H2,1-4H3/t17-,21+/m1/s1. The van der Waals surface area contributed by atoms with Gasteiger partial charge in [-0.15, -0.1) is 0 Å². The van der Waals surface area contributed by atoms with Crippen LogP contribution in [0.3, 0.4) is 0 Å². The van der Waals surface area contributed by atoms with Crippen molar-refractivity contribution in [3.05, 3.63) is 58.4 Å². The van der Waals surface area contributed by atoms with Crippen molar-refractivity contribution in [3.63, 3.8) is 0 Å². The van der Waals surface area contributed by atoms with Gasteiger partial charge in [0.05, 0.1) is 12.6 Å². The molecule has 0 radical (unpaired) electrons. The summed E-state index contributed by atoms with van der Waals surface area (Å²) in [4.78, 5) is 38.3. The number of benzene rings is 2. The third kappa shape index (κ3) is 5.77. The summed E-state index contributed by atoms with van der Waals surface area (Å²) in [6.07, 6.45) is -2.63. The van der Waals surface area contributed by atoms with E-state index in [0.29, 0.717) is 11.1 Å².